The predicted molar refractivity (Wildman–Crippen MR) is 52.9 cm³/mol. The molecule has 78 valence electrons. The van der Waals surface area contributed by atoms with Gasteiger partial charge in [-0.3, -0.25) is 9.69 Å². The molecule has 0 spiro atoms. The second-order valence-electron chi connectivity index (χ2n) is 4.23. The summed E-state index contributed by atoms with van der Waals surface area (Å²) >= 11 is 0. The predicted octanol–water partition coefficient (Wildman–Crippen LogP) is 0.222. The van der Waals surface area contributed by atoms with Crippen LogP contribution < -0.4 is 0 Å². The van der Waals surface area contributed by atoms with E-state index in [0.29, 0.717) is 5.92 Å². The van der Waals surface area contributed by atoms with Crippen molar-refractivity contribution in [1.29, 1.82) is 0 Å². The van der Waals surface area contributed by atoms with Crippen LogP contribution in [0.15, 0.2) is 12.3 Å². The maximum Gasteiger partial charge on any atom is 0.323 e. The van der Waals surface area contributed by atoms with Gasteiger partial charge in [-0.25, -0.2) is 0 Å². The molecule has 2 atom stereocenters. The monoisotopic (exact) mass is 196 g/mol. The highest BCUT2D eigenvalue weighted by molar-refractivity contribution is 5.69. The van der Waals surface area contributed by atoms with Crippen LogP contribution in [-0.2, 0) is 4.79 Å². The van der Waals surface area contributed by atoms with Gasteiger partial charge in [0.1, 0.15) is 6.54 Å². The summed E-state index contributed by atoms with van der Waals surface area (Å²) in [6, 6.07) is 0. The Hall–Kier alpha value is -1.03. The van der Waals surface area contributed by atoms with E-state index in [1.807, 2.05) is 4.90 Å². The molecule has 2 rings (SSSR count). The first kappa shape index (κ1) is 9.52. The Bertz CT molecular complexity index is 265. The third kappa shape index (κ3) is 1.90. The van der Waals surface area contributed by atoms with Gasteiger partial charge in [0.15, 0.2) is 0 Å². The second kappa shape index (κ2) is 3.61. The summed E-state index contributed by atoms with van der Waals surface area (Å²) in [5, 5.41) is 8.75. The summed E-state index contributed by atoms with van der Waals surface area (Å²) < 4.78 is 0. The third-order valence-electron chi connectivity index (χ3n) is 3.03. The van der Waals surface area contributed by atoms with E-state index in [1.54, 1.807) is 0 Å². The number of rotatable bonds is 2. The molecule has 4 heteroatoms. The second-order valence-corrected chi connectivity index (χ2v) is 4.23. The van der Waals surface area contributed by atoms with Crippen molar-refractivity contribution in [2.45, 2.75) is 6.42 Å². The quantitative estimate of drug-likeness (QED) is 0.686. The van der Waals surface area contributed by atoms with Crippen molar-refractivity contribution in [2.75, 3.05) is 32.7 Å². The smallest absolute Gasteiger partial charge is 0.323 e. The van der Waals surface area contributed by atoms with Gasteiger partial charge in [0.05, 0.1) is 0 Å². The Labute approximate surface area is 83.8 Å². The van der Waals surface area contributed by atoms with Gasteiger partial charge in [-0.2, -0.15) is 0 Å². The summed E-state index contributed by atoms with van der Waals surface area (Å²) in [5.74, 6) is -0.132. The van der Waals surface area contributed by atoms with E-state index in [1.165, 1.54) is 6.42 Å². The number of carboxylic acid groups (broad SMARTS) is 1. The van der Waals surface area contributed by atoms with E-state index in [9.17, 15) is 4.79 Å². The molecule has 2 aliphatic rings. The van der Waals surface area contributed by atoms with E-state index in [2.05, 4.69) is 11.5 Å². The van der Waals surface area contributed by atoms with Crippen LogP contribution >= 0.6 is 0 Å². The molecule has 0 amide bonds. The van der Waals surface area contributed by atoms with Gasteiger partial charge < -0.3 is 10.0 Å². The van der Waals surface area contributed by atoms with Crippen molar-refractivity contribution in [3.05, 3.63) is 12.3 Å². The summed E-state index contributed by atoms with van der Waals surface area (Å²) in [7, 11) is 0. The van der Waals surface area contributed by atoms with Crippen LogP contribution in [0.5, 0.6) is 0 Å². The Morgan fingerprint density at radius 3 is 3.07 bits per heavy atom. The van der Waals surface area contributed by atoms with Gasteiger partial charge in [-0.05, 0) is 18.9 Å². The normalized spacial score (nSPS) is 31.7. The lowest BCUT2D eigenvalue weighted by Crippen LogP contribution is -2.34. The van der Waals surface area contributed by atoms with Crippen molar-refractivity contribution in [1.82, 2.24) is 9.80 Å². The van der Waals surface area contributed by atoms with E-state index >= 15 is 0 Å². The highest BCUT2D eigenvalue weighted by atomic mass is 16.4. The summed E-state index contributed by atoms with van der Waals surface area (Å²) in [5.41, 5.74) is 0.953. The fourth-order valence-electron chi connectivity index (χ4n) is 2.34. The van der Waals surface area contributed by atoms with Crippen molar-refractivity contribution in [3.63, 3.8) is 0 Å². The molecule has 2 saturated heterocycles. The fraction of sp³-hybridized carbons (Fsp3) is 0.700. The zero-order valence-corrected chi connectivity index (χ0v) is 8.28. The molecule has 0 aromatic rings. The molecule has 2 aliphatic heterocycles. The van der Waals surface area contributed by atoms with Gasteiger partial charge in [0, 0.05) is 25.3 Å². The van der Waals surface area contributed by atoms with Crippen LogP contribution in [0.2, 0.25) is 0 Å². The van der Waals surface area contributed by atoms with Gasteiger partial charge in [-0.15, -0.1) is 0 Å². The molecule has 2 fully saturated rings. The molecule has 14 heavy (non-hydrogen) atoms. The van der Waals surface area contributed by atoms with Crippen molar-refractivity contribution in [3.8, 4) is 0 Å². The molecular weight excluding hydrogens is 180 g/mol. The third-order valence-corrected chi connectivity index (χ3v) is 3.03. The number of hydrogen-bond donors (Lipinski definition) is 1. The van der Waals surface area contributed by atoms with Crippen LogP contribution in [0.3, 0.4) is 0 Å². The molecule has 1 N–H and O–H groups in total. The lowest BCUT2D eigenvalue weighted by molar-refractivity contribution is -0.137. The molecule has 0 radical (unpaired) electrons. The zero-order chi connectivity index (χ0) is 10.1. The van der Waals surface area contributed by atoms with Crippen LogP contribution in [0, 0.1) is 5.92 Å². The largest absolute Gasteiger partial charge is 0.480 e. The van der Waals surface area contributed by atoms with Gasteiger partial charge in [0.25, 0.3) is 0 Å². The standard InChI is InChI=1S/C10H16N2O2/c1-8-4-11-3-2-9(5-11)6-12(8)7-10(13)14/h9H,1-7H2,(H,13,14). The van der Waals surface area contributed by atoms with Gasteiger partial charge in [-0.1, -0.05) is 6.58 Å². The van der Waals surface area contributed by atoms with E-state index < -0.39 is 5.97 Å². The van der Waals surface area contributed by atoms with Crippen molar-refractivity contribution in [2.24, 2.45) is 5.92 Å². The Morgan fingerprint density at radius 2 is 2.36 bits per heavy atom. The van der Waals surface area contributed by atoms with Crippen molar-refractivity contribution >= 4 is 5.97 Å². The topological polar surface area (TPSA) is 43.8 Å². The van der Waals surface area contributed by atoms with Crippen molar-refractivity contribution < 1.29 is 9.90 Å². The minimum absolute atomic E-state index is 0.100. The highest BCUT2D eigenvalue weighted by Gasteiger charge is 2.30. The molecule has 2 bridgehead atoms. The van der Waals surface area contributed by atoms with Crippen LogP contribution in [-0.4, -0.2) is 53.6 Å². The summed E-state index contributed by atoms with van der Waals surface area (Å²) in [4.78, 5) is 14.9. The maximum atomic E-state index is 10.6. The number of carboxylic acids is 1. The minimum Gasteiger partial charge on any atom is -0.480 e. The lowest BCUT2D eigenvalue weighted by Gasteiger charge is -2.27. The number of carbonyl (C=O) groups is 1. The van der Waals surface area contributed by atoms with E-state index in [-0.39, 0.29) is 6.54 Å². The number of hydrogen-bond acceptors (Lipinski definition) is 3. The summed E-state index contributed by atoms with van der Waals surface area (Å²) in [6.07, 6.45) is 1.20. The lowest BCUT2D eigenvalue weighted by atomic mass is 10.1. The number of aliphatic carboxylic acids is 1. The Balaban J connectivity index is 2.03. The average molecular weight is 196 g/mol. The maximum absolute atomic E-state index is 10.6. The first-order chi connectivity index (χ1) is 6.65. The molecule has 0 saturated carbocycles. The molecular formula is C10H16N2O2. The number of nitrogens with zero attached hydrogens (tertiary/aromatic N) is 2. The highest BCUT2D eigenvalue weighted by Crippen LogP contribution is 2.24. The molecule has 2 unspecified atom stereocenters. The zero-order valence-electron chi connectivity index (χ0n) is 8.28. The number of fused-ring (bicyclic) bond motifs is 2. The van der Waals surface area contributed by atoms with Crippen LogP contribution in [0.4, 0.5) is 0 Å². The first-order valence-corrected chi connectivity index (χ1v) is 5.02. The average Bonchev–Trinajstić information content (AvgIpc) is 2.43. The van der Waals surface area contributed by atoms with Gasteiger partial charge >= 0.3 is 5.97 Å². The minimum atomic E-state index is -0.765. The summed E-state index contributed by atoms with van der Waals surface area (Å²) in [6.45, 7) is 8.00. The Kier molecular flexibility index (Phi) is 2.46. The van der Waals surface area contributed by atoms with Crippen LogP contribution in [0.25, 0.3) is 0 Å². The molecule has 2 heterocycles. The van der Waals surface area contributed by atoms with E-state index in [0.717, 1.165) is 31.9 Å². The fourth-order valence-corrected chi connectivity index (χ4v) is 2.34. The first-order valence-electron chi connectivity index (χ1n) is 5.02. The molecule has 4 nitrogen and oxygen atoms in total. The Morgan fingerprint density at radius 1 is 1.57 bits per heavy atom. The van der Waals surface area contributed by atoms with E-state index in [4.69, 9.17) is 5.11 Å². The SMILES string of the molecule is C=C1CN2CCC(C2)CN1CC(=O)O. The molecule has 0 aromatic carbocycles. The van der Waals surface area contributed by atoms with Gasteiger partial charge in [0.2, 0.25) is 0 Å². The molecule has 0 aromatic heterocycles. The van der Waals surface area contributed by atoms with Crippen LogP contribution in [0.1, 0.15) is 6.42 Å². The molecule has 0 aliphatic carbocycles.